The maximum Gasteiger partial charge on any atom is 0.245 e. The molecule has 0 bridgehead atoms. The number of carbonyl (C=O) groups excluding carboxylic acids is 2. The van der Waals surface area contributed by atoms with E-state index in [0.29, 0.717) is 22.2 Å². The maximum absolute atomic E-state index is 12.4. The molecule has 0 saturated carbocycles. The Balaban J connectivity index is 1.67. The Morgan fingerprint density at radius 3 is 2.63 bits per heavy atom. The molecule has 0 aromatic heterocycles. The summed E-state index contributed by atoms with van der Waals surface area (Å²) < 4.78 is 0. The van der Waals surface area contributed by atoms with Gasteiger partial charge in [-0.2, -0.15) is 5.10 Å². The van der Waals surface area contributed by atoms with Gasteiger partial charge in [0, 0.05) is 24.2 Å². The molecule has 3 rings (SSSR count). The highest BCUT2D eigenvalue weighted by molar-refractivity contribution is 6.38. The minimum atomic E-state index is -0.462. The fourth-order valence-electron chi connectivity index (χ4n) is 3.01. The average Bonchev–Trinajstić information content (AvgIpc) is 3.01. The van der Waals surface area contributed by atoms with Gasteiger partial charge in [-0.05, 0) is 43.2 Å². The monoisotopic (exact) mass is 403 g/mol. The van der Waals surface area contributed by atoms with Crippen LogP contribution in [0.5, 0.6) is 0 Å². The Morgan fingerprint density at radius 2 is 1.93 bits per heavy atom. The molecule has 2 aromatic carbocycles. The van der Waals surface area contributed by atoms with Gasteiger partial charge in [0.1, 0.15) is 0 Å². The molecule has 0 unspecified atom stereocenters. The van der Waals surface area contributed by atoms with Gasteiger partial charge in [-0.25, -0.2) is 5.43 Å². The van der Waals surface area contributed by atoms with Crippen molar-refractivity contribution < 1.29 is 9.59 Å². The number of hydrogen-bond acceptors (Lipinski definition) is 3. The molecule has 1 N–H and O–H groups in total. The second kappa shape index (κ2) is 8.11. The Morgan fingerprint density at radius 1 is 1.22 bits per heavy atom. The second-order valence-electron chi connectivity index (χ2n) is 6.56. The fourth-order valence-corrected chi connectivity index (χ4v) is 3.51. The van der Waals surface area contributed by atoms with Crippen molar-refractivity contribution in [3.05, 3.63) is 63.1 Å². The molecule has 0 aliphatic carbocycles. The van der Waals surface area contributed by atoms with Crippen molar-refractivity contribution in [2.45, 2.75) is 20.3 Å². The molecule has 140 valence electrons. The van der Waals surface area contributed by atoms with Gasteiger partial charge in [-0.15, -0.1) is 0 Å². The Kier molecular flexibility index (Phi) is 5.82. The van der Waals surface area contributed by atoms with Crippen LogP contribution in [0.4, 0.5) is 5.69 Å². The molecule has 1 heterocycles. The van der Waals surface area contributed by atoms with Crippen molar-refractivity contribution in [3.63, 3.8) is 0 Å². The molecule has 0 spiro atoms. The highest BCUT2D eigenvalue weighted by Gasteiger charge is 2.35. The summed E-state index contributed by atoms with van der Waals surface area (Å²) in [4.78, 5) is 26.5. The fraction of sp³-hybridized carbons (Fsp3) is 0.250. The zero-order valence-electron chi connectivity index (χ0n) is 15.0. The van der Waals surface area contributed by atoms with Crippen molar-refractivity contribution in [3.8, 4) is 0 Å². The van der Waals surface area contributed by atoms with E-state index in [0.717, 1.165) is 16.8 Å². The van der Waals surface area contributed by atoms with E-state index >= 15 is 0 Å². The molecule has 1 fully saturated rings. The van der Waals surface area contributed by atoms with E-state index in [9.17, 15) is 9.59 Å². The molecule has 2 amide bonds. The molecule has 27 heavy (non-hydrogen) atoms. The third-order valence-electron chi connectivity index (χ3n) is 4.52. The summed E-state index contributed by atoms with van der Waals surface area (Å²) in [6.45, 7) is 4.26. The Hall–Kier alpha value is -2.37. The number of hydrogen-bond donors (Lipinski definition) is 1. The smallest absolute Gasteiger partial charge is 0.245 e. The maximum atomic E-state index is 12.4. The normalized spacial score (nSPS) is 17.0. The molecule has 0 radical (unpaired) electrons. The lowest BCUT2D eigenvalue weighted by atomic mass is 10.1. The zero-order valence-corrected chi connectivity index (χ0v) is 16.5. The standard InChI is InChI=1S/C20H19Cl2N3O2/c1-12-6-7-13(2)18(8-12)25-11-14(9-19(25)26)20(27)24-23-10-15-16(21)4-3-5-17(15)22/h3-8,10,14H,9,11H2,1-2H3,(H,24,27)/b23-10-/t14-/m0/s1. The first kappa shape index (κ1) is 19.4. The molecule has 1 saturated heterocycles. The molecule has 1 aliphatic rings. The summed E-state index contributed by atoms with van der Waals surface area (Å²) in [6.07, 6.45) is 1.56. The summed E-state index contributed by atoms with van der Waals surface area (Å²) in [6, 6.07) is 11.0. The molecular formula is C20H19Cl2N3O2. The number of benzene rings is 2. The minimum absolute atomic E-state index is 0.0676. The van der Waals surface area contributed by atoms with E-state index in [1.165, 1.54) is 6.21 Å². The van der Waals surface area contributed by atoms with Gasteiger partial charge < -0.3 is 4.90 Å². The number of anilines is 1. The lowest BCUT2D eigenvalue weighted by molar-refractivity contribution is -0.126. The second-order valence-corrected chi connectivity index (χ2v) is 7.38. The minimum Gasteiger partial charge on any atom is -0.311 e. The molecule has 7 heteroatoms. The lowest BCUT2D eigenvalue weighted by Gasteiger charge is -2.19. The summed E-state index contributed by atoms with van der Waals surface area (Å²) in [7, 11) is 0. The van der Waals surface area contributed by atoms with Gasteiger partial charge >= 0.3 is 0 Å². The quantitative estimate of drug-likeness (QED) is 0.616. The van der Waals surface area contributed by atoms with Crippen molar-refractivity contribution in [2.24, 2.45) is 11.0 Å². The van der Waals surface area contributed by atoms with Gasteiger partial charge in [-0.1, -0.05) is 41.4 Å². The van der Waals surface area contributed by atoms with Crippen LogP contribution >= 0.6 is 23.2 Å². The third kappa shape index (κ3) is 4.31. The Labute approximate surface area is 168 Å². The largest absolute Gasteiger partial charge is 0.311 e. The van der Waals surface area contributed by atoms with E-state index in [-0.39, 0.29) is 18.2 Å². The number of nitrogens with zero attached hydrogens (tertiary/aromatic N) is 2. The number of nitrogens with one attached hydrogen (secondary N) is 1. The number of carbonyl (C=O) groups is 2. The topological polar surface area (TPSA) is 61.8 Å². The number of amides is 2. The van der Waals surface area contributed by atoms with Gasteiger partial charge in [0.25, 0.3) is 0 Å². The Bertz CT molecular complexity index is 907. The van der Waals surface area contributed by atoms with Crippen molar-refractivity contribution in [1.29, 1.82) is 0 Å². The number of hydrazone groups is 1. The van der Waals surface area contributed by atoms with Crippen LogP contribution < -0.4 is 10.3 Å². The molecule has 2 aromatic rings. The molecule has 1 atom stereocenters. The van der Waals surface area contributed by atoms with Gasteiger partial charge in [0.15, 0.2) is 0 Å². The van der Waals surface area contributed by atoms with Crippen LogP contribution in [0.3, 0.4) is 0 Å². The summed E-state index contributed by atoms with van der Waals surface area (Å²) in [5.41, 5.74) is 5.93. The van der Waals surface area contributed by atoms with Crippen LogP contribution in [-0.2, 0) is 9.59 Å². The van der Waals surface area contributed by atoms with Crippen LogP contribution in [0.2, 0.25) is 10.0 Å². The van der Waals surface area contributed by atoms with Crippen molar-refractivity contribution in [2.75, 3.05) is 11.4 Å². The van der Waals surface area contributed by atoms with Crippen LogP contribution in [0, 0.1) is 19.8 Å². The number of aryl methyl sites for hydroxylation is 2. The van der Waals surface area contributed by atoms with Crippen LogP contribution in [0.25, 0.3) is 0 Å². The van der Waals surface area contributed by atoms with E-state index in [2.05, 4.69) is 10.5 Å². The van der Waals surface area contributed by atoms with Crippen molar-refractivity contribution >= 4 is 46.9 Å². The SMILES string of the molecule is Cc1ccc(C)c(N2C[C@@H](C(=O)N/N=C\c3c(Cl)cccc3Cl)CC2=O)c1. The van der Waals surface area contributed by atoms with Gasteiger partial charge in [-0.3, -0.25) is 9.59 Å². The first-order chi connectivity index (χ1) is 12.9. The van der Waals surface area contributed by atoms with Gasteiger partial charge in [0.05, 0.1) is 22.2 Å². The molecular weight excluding hydrogens is 385 g/mol. The third-order valence-corrected chi connectivity index (χ3v) is 5.18. The van der Waals surface area contributed by atoms with Crippen LogP contribution in [0.15, 0.2) is 41.5 Å². The molecule has 5 nitrogen and oxygen atoms in total. The highest BCUT2D eigenvalue weighted by Crippen LogP contribution is 2.29. The van der Waals surface area contributed by atoms with E-state index in [1.54, 1.807) is 23.1 Å². The predicted octanol–water partition coefficient (Wildman–Crippen LogP) is 4.11. The predicted molar refractivity (Wildman–Crippen MR) is 109 cm³/mol. The van der Waals surface area contributed by atoms with Crippen LogP contribution in [0.1, 0.15) is 23.1 Å². The number of rotatable bonds is 4. The van der Waals surface area contributed by atoms with Gasteiger partial charge in [0.2, 0.25) is 11.8 Å². The highest BCUT2D eigenvalue weighted by atomic mass is 35.5. The van der Waals surface area contributed by atoms with E-state index < -0.39 is 5.92 Å². The van der Waals surface area contributed by atoms with E-state index in [4.69, 9.17) is 23.2 Å². The summed E-state index contributed by atoms with van der Waals surface area (Å²) >= 11 is 12.1. The lowest BCUT2D eigenvalue weighted by Crippen LogP contribution is -2.30. The molecule has 1 aliphatic heterocycles. The van der Waals surface area contributed by atoms with E-state index in [1.807, 2.05) is 32.0 Å². The first-order valence-electron chi connectivity index (χ1n) is 8.51. The average molecular weight is 404 g/mol. The summed E-state index contributed by atoms with van der Waals surface area (Å²) in [5.74, 6) is -0.839. The number of halogens is 2. The zero-order chi connectivity index (χ0) is 19.6. The summed E-state index contributed by atoms with van der Waals surface area (Å²) in [5, 5.41) is 4.82. The van der Waals surface area contributed by atoms with Crippen molar-refractivity contribution in [1.82, 2.24) is 5.43 Å². The first-order valence-corrected chi connectivity index (χ1v) is 9.27. The van der Waals surface area contributed by atoms with Crippen LogP contribution in [-0.4, -0.2) is 24.6 Å².